The zero-order valence-corrected chi connectivity index (χ0v) is 14.4. The van der Waals surface area contributed by atoms with Crippen molar-refractivity contribution in [3.8, 4) is 0 Å². The van der Waals surface area contributed by atoms with E-state index in [4.69, 9.17) is 9.47 Å². The average molecular weight is 339 g/mol. The SMILES string of the molecule is CC(=O)c1cccc(S(=O)(=O)N2CC3(COC(C)(C)OC3)C2)c1. The molecule has 0 radical (unpaired) electrons. The van der Waals surface area contributed by atoms with Crippen molar-refractivity contribution in [1.82, 2.24) is 4.31 Å². The first-order valence-corrected chi connectivity index (χ1v) is 8.97. The molecule has 0 amide bonds. The fourth-order valence-corrected chi connectivity index (χ4v) is 4.53. The number of rotatable bonds is 3. The molecule has 23 heavy (non-hydrogen) atoms. The van der Waals surface area contributed by atoms with E-state index < -0.39 is 15.8 Å². The molecular weight excluding hydrogens is 318 g/mol. The number of Topliss-reactive ketones (excluding diaryl/α,β-unsaturated/α-hetero) is 1. The number of ketones is 1. The van der Waals surface area contributed by atoms with Crippen LogP contribution in [-0.4, -0.2) is 50.6 Å². The van der Waals surface area contributed by atoms with Crippen LogP contribution in [0.15, 0.2) is 29.2 Å². The van der Waals surface area contributed by atoms with Gasteiger partial charge in [0.25, 0.3) is 0 Å². The van der Waals surface area contributed by atoms with Crippen LogP contribution in [0.25, 0.3) is 0 Å². The van der Waals surface area contributed by atoms with Gasteiger partial charge in [0.15, 0.2) is 11.6 Å². The quantitative estimate of drug-likeness (QED) is 0.783. The molecule has 0 bridgehead atoms. The number of sulfonamides is 1. The minimum Gasteiger partial charge on any atom is -0.350 e. The highest BCUT2D eigenvalue weighted by molar-refractivity contribution is 7.89. The molecule has 6 nitrogen and oxygen atoms in total. The zero-order valence-electron chi connectivity index (χ0n) is 13.5. The summed E-state index contributed by atoms with van der Waals surface area (Å²) in [6, 6.07) is 6.15. The molecule has 3 rings (SSSR count). The highest BCUT2D eigenvalue weighted by atomic mass is 32.2. The molecule has 2 aliphatic heterocycles. The minimum atomic E-state index is -3.59. The van der Waals surface area contributed by atoms with Crippen LogP contribution in [0.4, 0.5) is 0 Å². The molecule has 2 aliphatic rings. The van der Waals surface area contributed by atoms with Crippen LogP contribution >= 0.6 is 0 Å². The summed E-state index contributed by atoms with van der Waals surface area (Å²) in [5.74, 6) is -0.765. The summed E-state index contributed by atoms with van der Waals surface area (Å²) in [4.78, 5) is 11.6. The first kappa shape index (κ1) is 16.6. The van der Waals surface area contributed by atoms with Crippen molar-refractivity contribution in [1.29, 1.82) is 0 Å². The topological polar surface area (TPSA) is 72.9 Å². The molecule has 2 heterocycles. The number of carbonyl (C=O) groups excluding carboxylic acids is 1. The van der Waals surface area contributed by atoms with Gasteiger partial charge in [-0.2, -0.15) is 4.31 Å². The third-order valence-electron chi connectivity index (χ3n) is 4.35. The Bertz CT molecular complexity index is 723. The van der Waals surface area contributed by atoms with Gasteiger partial charge in [-0.3, -0.25) is 4.79 Å². The largest absolute Gasteiger partial charge is 0.350 e. The van der Waals surface area contributed by atoms with Crippen LogP contribution in [0.2, 0.25) is 0 Å². The Labute approximate surface area is 136 Å². The van der Waals surface area contributed by atoms with Gasteiger partial charge in [0.05, 0.1) is 18.1 Å². The number of nitrogens with zero attached hydrogens (tertiary/aromatic N) is 1. The first-order chi connectivity index (χ1) is 10.6. The maximum Gasteiger partial charge on any atom is 0.243 e. The van der Waals surface area contributed by atoms with E-state index in [9.17, 15) is 13.2 Å². The van der Waals surface area contributed by atoms with Crippen molar-refractivity contribution < 1.29 is 22.7 Å². The predicted molar refractivity (Wildman–Crippen MR) is 83.6 cm³/mol. The molecule has 7 heteroatoms. The molecule has 0 N–H and O–H groups in total. The summed E-state index contributed by atoms with van der Waals surface area (Å²) in [5, 5.41) is 0. The van der Waals surface area contributed by atoms with Crippen LogP contribution in [-0.2, 0) is 19.5 Å². The predicted octanol–water partition coefficient (Wildman–Crippen LogP) is 1.66. The molecule has 2 saturated heterocycles. The second-order valence-electron chi connectivity index (χ2n) is 6.83. The summed E-state index contributed by atoms with van der Waals surface area (Å²) < 4.78 is 38.1. The molecule has 1 spiro atoms. The van der Waals surface area contributed by atoms with Crippen molar-refractivity contribution in [2.24, 2.45) is 5.41 Å². The van der Waals surface area contributed by atoms with E-state index in [0.717, 1.165) is 0 Å². The lowest BCUT2D eigenvalue weighted by Gasteiger charge is -2.53. The Morgan fingerprint density at radius 3 is 2.35 bits per heavy atom. The van der Waals surface area contributed by atoms with Crippen molar-refractivity contribution in [2.75, 3.05) is 26.3 Å². The van der Waals surface area contributed by atoms with Gasteiger partial charge in [0.2, 0.25) is 10.0 Å². The standard InChI is InChI=1S/C16H21NO5S/c1-12(18)13-5-4-6-14(7-13)23(19,20)17-8-16(9-17)10-21-15(2,3)22-11-16/h4-7H,8-11H2,1-3H3. The molecule has 1 aromatic carbocycles. The molecule has 0 saturated carbocycles. The molecule has 0 atom stereocenters. The van der Waals surface area contributed by atoms with Crippen molar-refractivity contribution in [3.05, 3.63) is 29.8 Å². The Morgan fingerprint density at radius 2 is 1.78 bits per heavy atom. The van der Waals surface area contributed by atoms with E-state index in [2.05, 4.69) is 0 Å². The average Bonchev–Trinajstić information content (AvgIpc) is 2.45. The monoisotopic (exact) mass is 339 g/mol. The van der Waals surface area contributed by atoms with E-state index in [0.29, 0.717) is 31.9 Å². The summed E-state index contributed by atoms with van der Waals surface area (Å²) in [6.45, 7) is 6.83. The zero-order chi connectivity index (χ0) is 16.9. The van der Waals surface area contributed by atoms with Gasteiger partial charge in [-0.15, -0.1) is 0 Å². The lowest BCUT2D eigenvalue weighted by Crippen LogP contribution is -2.65. The summed E-state index contributed by atoms with van der Waals surface area (Å²) in [6.07, 6.45) is 0. The van der Waals surface area contributed by atoms with Crippen molar-refractivity contribution in [2.45, 2.75) is 31.5 Å². The minimum absolute atomic E-state index is 0.151. The number of benzene rings is 1. The molecule has 126 valence electrons. The van der Waals surface area contributed by atoms with Crippen LogP contribution in [0.3, 0.4) is 0 Å². The van der Waals surface area contributed by atoms with Gasteiger partial charge in [-0.25, -0.2) is 8.42 Å². The van der Waals surface area contributed by atoms with Crippen LogP contribution < -0.4 is 0 Å². The highest BCUT2D eigenvalue weighted by Gasteiger charge is 2.52. The van der Waals surface area contributed by atoms with Crippen LogP contribution in [0.1, 0.15) is 31.1 Å². The maximum atomic E-state index is 12.7. The van der Waals surface area contributed by atoms with Crippen LogP contribution in [0, 0.1) is 5.41 Å². The van der Waals surface area contributed by atoms with E-state index >= 15 is 0 Å². The van der Waals surface area contributed by atoms with Gasteiger partial charge >= 0.3 is 0 Å². The lowest BCUT2D eigenvalue weighted by atomic mass is 9.82. The smallest absolute Gasteiger partial charge is 0.243 e. The Balaban J connectivity index is 1.74. The Kier molecular flexibility index (Phi) is 3.87. The number of carbonyl (C=O) groups is 1. The number of hydrogen-bond donors (Lipinski definition) is 0. The Hall–Kier alpha value is -1.28. The van der Waals surface area contributed by atoms with E-state index in [1.165, 1.54) is 23.4 Å². The second kappa shape index (κ2) is 5.37. The molecule has 0 aliphatic carbocycles. The molecule has 1 aromatic rings. The maximum absolute atomic E-state index is 12.7. The third-order valence-corrected chi connectivity index (χ3v) is 6.14. The van der Waals surface area contributed by atoms with Crippen molar-refractivity contribution in [3.63, 3.8) is 0 Å². The fraction of sp³-hybridized carbons (Fsp3) is 0.562. The van der Waals surface area contributed by atoms with Gasteiger partial charge in [0, 0.05) is 24.1 Å². The van der Waals surface area contributed by atoms with E-state index in [-0.39, 0.29) is 16.1 Å². The van der Waals surface area contributed by atoms with Gasteiger partial charge in [-0.1, -0.05) is 12.1 Å². The van der Waals surface area contributed by atoms with Gasteiger partial charge in [0.1, 0.15) is 0 Å². The Morgan fingerprint density at radius 1 is 1.17 bits per heavy atom. The number of ether oxygens (including phenoxy) is 2. The van der Waals surface area contributed by atoms with E-state index in [1.807, 2.05) is 13.8 Å². The van der Waals surface area contributed by atoms with Gasteiger partial charge < -0.3 is 9.47 Å². The molecule has 0 aromatic heterocycles. The van der Waals surface area contributed by atoms with Crippen LogP contribution in [0.5, 0.6) is 0 Å². The van der Waals surface area contributed by atoms with E-state index in [1.54, 1.807) is 12.1 Å². The normalized spacial score (nSPS) is 23.4. The van der Waals surface area contributed by atoms with Crippen molar-refractivity contribution >= 4 is 15.8 Å². The highest BCUT2D eigenvalue weighted by Crippen LogP contribution is 2.40. The lowest BCUT2D eigenvalue weighted by molar-refractivity contribution is -0.299. The van der Waals surface area contributed by atoms with Gasteiger partial charge in [-0.05, 0) is 32.9 Å². The number of hydrogen-bond acceptors (Lipinski definition) is 5. The second-order valence-corrected chi connectivity index (χ2v) is 8.77. The summed E-state index contributed by atoms with van der Waals surface area (Å²) in [5.41, 5.74) is 0.133. The molecule has 2 fully saturated rings. The molecule has 0 unspecified atom stereocenters. The first-order valence-electron chi connectivity index (χ1n) is 7.53. The fourth-order valence-electron chi connectivity index (χ4n) is 2.82. The summed E-state index contributed by atoms with van der Waals surface area (Å²) in [7, 11) is -3.59. The molecular formula is C16H21NO5S. The summed E-state index contributed by atoms with van der Waals surface area (Å²) >= 11 is 0. The third kappa shape index (κ3) is 3.06.